The second-order valence-electron chi connectivity index (χ2n) is 8.49. The first-order valence-electron chi connectivity index (χ1n) is 11.7. The van der Waals surface area contributed by atoms with E-state index in [2.05, 4.69) is 33.0 Å². The Morgan fingerprint density at radius 1 is 1.00 bits per heavy atom. The quantitative estimate of drug-likeness (QED) is 0.226. The smallest absolute Gasteiger partial charge is 0.338 e. The standard InChI is InChI=1S/C27H27N3O6S/c1-16(18-8-5-9-19(15-18)21-11-6-14-37-21)28-25(32)20-10-4-3-7-17(20)12-13-22(31)29-30-26(33)23-24(36-23)27(34)35-2/h3-11,14-16,23-24H,12-13H2,1-2H3,(H,28,32)(H,29,31)(H,30,33)/t16-,23-,24-/m1/s1. The Hall–Kier alpha value is -4.02. The van der Waals surface area contributed by atoms with E-state index in [1.807, 2.05) is 36.6 Å². The van der Waals surface area contributed by atoms with Gasteiger partial charge in [-0.15, -0.1) is 11.3 Å². The first kappa shape index (κ1) is 26.1. The van der Waals surface area contributed by atoms with Crippen molar-refractivity contribution < 1.29 is 28.7 Å². The third kappa shape index (κ3) is 6.60. The lowest BCUT2D eigenvalue weighted by atomic mass is 10.0. The monoisotopic (exact) mass is 521 g/mol. The molecule has 0 saturated carbocycles. The Balaban J connectivity index is 1.30. The van der Waals surface area contributed by atoms with Gasteiger partial charge >= 0.3 is 5.97 Å². The maximum Gasteiger partial charge on any atom is 0.338 e. The second kappa shape index (κ2) is 11.8. The average Bonchev–Trinajstić information content (AvgIpc) is 3.54. The molecule has 4 rings (SSSR count). The maximum atomic E-state index is 13.1. The second-order valence-corrected chi connectivity index (χ2v) is 9.44. The Morgan fingerprint density at radius 3 is 2.57 bits per heavy atom. The molecule has 3 atom stereocenters. The molecule has 0 unspecified atom stereocenters. The molecule has 0 spiro atoms. The normalized spacial score (nSPS) is 16.8. The van der Waals surface area contributed by atoms with Gasteiger partial charge in [0.1, 0.15) is 0 Å². The van der Waals surface area contributed by atoms with Crippen LogP contribution >= 0.6 is 11.3 Å². The number of hydrogen-bond acceptors (Lipinski definition) is 7. The molecule has 2 aromatic carbocycles. The van der Waals surface area contributed by atoms with Crippen molar-refractivity contribution in [3.8, 4) is 10.4 Å². The van der Waals surface area contributed by atoms with Crippen molar-refractivity contribution in [2.45, 2.75) is 38.0 Å². The third-order valence-electron chi connectivity index (χ3n) is 5.93. The van der Waals surface area contributed by atoms with Gasteiger partial charge < -0.3 is 14.8 Å². The van der Waals surface area contributed by atoms with Crippen molar-refractivity contribution in [3.05, 3.63) is 82.7 Å². The van der Waals surface area contributed by atoms with E-state index in [9.17, 15) is 19.2 Å². The van der Waals surface area contributed by atoms with E-state index in [-0.39, 0.29) is 24.8 Å². The summed E-state index contributed by atoms with van der Waals surface area (Å²) < 4.78 is 9.45. The molecule has 2 heterocycles. The number of nitrogens with one attached hydrogen (secondary N) is 3. The van der Waals surface area contributed by atoms with Crippen molar-refractivity contribution >= 4 is 35.0 Å². The molecule has 3 amide bonds. The van der Waals surface area contributed by atoms with Gasteiger partial charge in [-0.25, -0.2) is 4.79 Å². The minimum Gasteiger partial charge on any atom is -0.467 e. The number of carbonyl (C=O) groups excluding carboxylic acids is 4. The van der Waals surface area contributed by atoms with Crippen molar-refractivity contribution in [3.63, 3.8) is 0 Å². The van der Waals surface area contributed by atoms with Gasteiger partial charge in [-0.2, -0.15) is 0 Å². The van der Waals surface area contributed by atoms with E-state index in [1.54, 1.807) is 35.6 Å². The van der Waals surface area contributed by atoms with Crippen LogP contribution in [-0.2, 0) is 30.3 Å². The van der Waals surface area contributed by atoms with Gasteiger partial charge in [0.05, 0.1) is 13.2 Å². The fraction of sp³-hybridized carbons (Fsp3) is 0.259. The molecular weight excluding hydrogens is 494 g/mol. The van der Waals surface area contributed by atoms with Crippen LogP contribution in [0.5, 0.6) is 0 Å². The maximum absolute atomic E-state index is 13.1. The number of aryl methyl sites for hydroxylation is 1. The molecule has 37 heavy (non-hydrogen) atoms. The van der Waals surface area contributed by atoms with Crippen LogP contribution in [0.25, 0.3) is 10.4 Å². The highest BCUT2D eigenvalue weighted by atomic mass is 32.1. The van der Waals surface area contributed by atoms with Crippen LogP contribution < -0.4 is 16.2 Å². The summed E-state index contributed by atoms with van der Waals surface area (Å²) in [6, 6.07) is 19.0. The summed E-state index contributed by atoms with van der Waals surface area (Å²) in [7, 11) is 1.20. The number of epoxide rings is 1. The highest BCUT2D eigenvalue weighted by Crippen LogP contribution is 2.27. The lowest BCUT2D eigenvalue weighted by Crippen LogP contribution is -2.44. The van der Waals surface area contributed by atoms with Gasteiger partial charge in [0, 0.05) is 16.9 Å². The van der Waals surface area contributed by atoms with Crippen LogP contribution in [0.2, 0.25) is 0 Å². The van der Waals surface area contributed by atoms with Crippen molar-refractivity contribution in [1.82, 2.24) is 16.2 Å². The number of hydrogen-bond donors (Lipinski definition) is 3. The molecule has 1 aliphatic rings. The van der Waals surface area contributed by atoms with Crippen LogP contribution in [0.4, 0.5) is 0 Å². The van der Waals surface area contributed by atoms with Gasteiger partial charge in [0.25, 0.3) is 11.8 Å². The topological polar surface area (TPSA) is 126 Å². The van der Waals surface area contributed by atoms with E-state index in [1.165, 1.54) is 7.11 Å². The minimum atomic E-state index is -0.981. The van der Waals surface area contributed by atoms with E-state index < -0.39 is 30.0 Å². The fourth-order valence-corrected chi connectivity index (χ4v) is 4.57. The molecule has 1 aliphatic heterocycles. The lowest BCUT2D eigenvalue weighted by Gasteiger charge is -2.17. The molecule has 1 saturated heterocycles. The summed E-state index contributed by atoms with van der Waals surface area (Å²) in [5.41, 5.74) is 7.81. The van der Waals surface area contributed by atoms with Crippen molar-refractivity contribution in [2.24, 2.45) is 0 Å². The number of rotatable bonds is 9. The van der Waals surface area contributed by atoms with Crippen LogP contribution in [0.3, 0.4) is 0 Å². The molecule has 0 bridgehead atoms. The predicted molar refractivity (Wildman–Crippen MR) is 137 cm³/mol. The minimum absolute atomic E-state index is 0.0366. The van der Waals surface area contributed by atoms with Crippen LogP contribution in [0, 0.1) is 0 Å². The lowest BCUT2D eigenvalue weighted by molar-refractivity contribution is -0.142. The van der Waals surface area contributed by atoms with Crippen LogP contribution in [0.15, 0.2) is 66.0 Å². The molecule has 9 nitrogen and oxygen atoms in total. The first-order chi connectivity index (χ1) is 17.9. The number of carbonyl (C=O) groups is 4. The van der Waals surface area contributed by atoms with Gasteiger partial charge in [-0.3, -0.25) is 25.2 Å². The summed E-state index contributed by atoms with van der Waals surface area (Å²) in [5.74, 6) is -1.97. The number of thiophene rings is 1. The van der Waals surface area contributed by atoms with E-state index in [4.69, 9.17) is 4.74 Å². The molecule has 3 aromatic rings. The Bertz CT molecular complexity index is 1290. The zero-order valence-corrected chi connectivity index (χ0v) is 21.2. The molecule has 0 radical (unpaired) electrons. The molecule has 192 valence electrons. The molecular formula is C27H27N3O6S. The van der Waals surface area contributed by atoms with Crippen molar-refractivity contribution in [1.29, 1.82) is 0 Å². The van der Waals surface area contributed by atoms with E-state index in [0.717, 1.165) is 16.0 Å². The molecule has 0 aliphatic carbocycles. The first-order valence-corrected chi connectivity index (χ1v) is 12.6. The van der Waals surface area contributed by atoms with Gasteiger partial charge in [0.15, 0.2) is 12.2 Å². The zero-order valence-electron chi connectivity index (χ0n) is 20.4. The summed E-state index contributed by atoms with van der Waals surface area (Å²) in [6.45, 7) is 1.93. The summed E-state index contributed by atoms with van der Waals surface area (Å²) in [6.07, 6.45) is -1.61. The summed E-state index contributed by atoms with van der Waals surface area (Å²) in [4.78, 5) is 49.8. The highest BCUT2D eigenvalue weighted by Gasteiger charge is 2.51. The van der Waals surface area contributed by atoms with Crippen LogP contribution in [-0.4, -0.2) is 43.0 Å². The molecule has 1 fully saturated rings. The number of benzene rings is 2. The SMILES string of the molecule is COC(=O)[C@@H]1O[C@H]1C(=O)NNC(=O)CCc1ccccc1C(=O)N[C@H](C)c1cccc(-c2cccs2)c1. The summed E-state index contributed by atoms with van der Waals surface area (Å²) >= 11 is 1.66. The number of methoxy groups -OCH3 is 1. The molecule has 1 aromatic heterocycles. The van der Waals surface area contributed by atoms with Gasteiger partial charge in [-0.05, 0) is 53.6 Å². The van der Waals surface area contributed by atoms with Gasteiger partial charge in [0.2, 0.25) is 5.91 Å². The predicted octanol–water partition coefficient (Wildman–Crippen LogP) is 2.93. The Morgan fingerprint density at radius 2 is 1.81 bits per heavy atom. The Labute approximate surface area is 218 Å². The summed E-state index contributed by atoms with van der Waals surface area (Å²) in [5, 5.41) is 5.07. The third-order valence-corrected chi connectivity index (χ3v) is 6.85. The van der Waals surface area contributed by atoms with E-state index >= 15 is 0 Å². The number of ether oxygens (including phenoxy) is 2. The number of hydrazine groups is 1. The van der Waals surface area contributed by atoms with Gasteiger partial charge in [-0.1, -0.05) is 42.5 Å². The van der Waals surface area contributed by atoms with Crippen molar-refractivity contribution in [2.75, 3.05) is 7.11 Å². The highest BCUT2D eigenvalue weighted by molar-refractivity contribution is 7.13. The Kier molecular flexibility index (Phi) is 8.32. The van der Waals surface area contributed by atoms with Crippen LogP contribution in [0.1, 0.15) is 40.9 Å². The molecule has 10 heteroatoms. The number of amides is 3. The average molecular weight is 522 g/mol. The largest absolute Gasteiger partial charge is 0.467 e. The zero-order chi connectivity index (χ0) is 26.4. The molecule has 3 N–H and O–H groups in total. The number of esters is 1. The fourth-order valence-electron chi connectivity index (χ4n) is 3.84. The van der Waals surface area contributed by atoms with E-state index in [0.29, 0.717) is 11.1 Å².